The predicted octanol–water partition coefficient (Wildman–Crippen LogP) is 5.63. The number of rotatable bonds is 3. The molecule has 0 radical (unpaired) electrons. The van der Waals surface area contributed by atoms with Crippen LogP contribution in [0.2, 0.25) is 0 Å². The molecule has 1 aromatic heterocycles. The zero-order valence-corrected chi connectivity index (χ0v) is 22.6. The highest BCUT2D eigenvalue weighted by Gasteiger charge is 2.44. The van der Waals surface area contributed by atoms with E-state index in [-0.39, 0.29) is 17.4 Å². The molecule has 7 rings (SSSR count). The lowest BCUT2D eigenvalue weighted by molar-refractivity contribution is 0.0981. The summed E-state index contributed by atoms with van der Waals surface area (Å²) in [6.45, 7) is 8.74. The molecule has 4 heterocycles. The fourth-order valence-electron chi connectivity index (χ4n) is 6.57. The molecule has 0 saturated carbocycles. The molecule has 7 heteroatoms. The van der Waals surface area contributed by atoms with Crippen LogP contribution >= 0.6 is 0 Å². The minimum absolute atomic E-state index is 0.0462. The maximum absolute atomic E-state index is 13.9. The summed E-state index contributed by atoms with van der Waals surface area (Å²) in [5, 5.41) is 11.5. The van der Waals surface area contributed by atoms with Gasteiger partial charge in [0, 0.05) is 40.8 Å². The fourth-order valence-corrected chi connectivity index (χ4v) is 6.57. The largest absolute Gasteiger partial charge is 0.492 e. The first kappa shape index (κ1) is 24.1. The number of benzene rings is 3. The smallest absolute Gasteiger partial charge is 0.258 e. The van der Waals surface area contributed by atoms with E-state index in [4.69, 9.17) is 9.15 Å². The molecule has 0 aliphatic carbocycles. The van der Waals surface area contributed by atoms with Gasteiger partial charge >= 0.3 is 0 Å². The monoisotopic (exact) mass is 520 g/mol. The summed E-state index contributed by atoms with van der Waals surface area (Å²) in [7, 11) is 0. The molecule has 3 aliphatic heterocycles. The van der Waals surface area contributed by atoms with Crippen molar-refractivity contribution in [2.45, 2.75) is 51.5 Å². The lowest BCUT2D eigenvalue weighted by atomic mass is 9.74. The molecule has 3 aliphatic rings. The summed E-state index contributed by atoms with van der Waals surface area (Å²) < 4.78 is 11.8. The quantitative estimate of drug-likeness (QED) is 0.377. The Hall–Kier alpha value is -3.97. The van der Waals surface area contributed by atoms with Crippen LogP contribution in [0.1, 0.15) is 52.7 Å². The van der Waals surface area contributed by atoms with Gasteiger partial charge in [-0.15, -0.1) is 10.2 Å². The third-order valence-corrected chi connectivity index (χ3v) is 8.69. The molecule has 1 fully saturated rings. The first-order chi connectivity index (χ1) is 18.9. The third-order valence-electron chi connectivity index (χ3n) is 8.69. The second-order valence-electron chi connectivity index (χ2n) is 11.3. The van der Waals surface area contributed by atoms with Gasteiger partial charge in [-0.3, -0.25) is 4.79 Å². The maximum Gasteiger partial charge on any atom is 0.258 e. The summed E-state index contributed by atoms with van der Waals surface area (Å²) in [6, 6.07) is 18.6. The second kappa shape index (κ2) is 9.06. The lowest BCUT2D eigenvalue weighted by Crippen LogP contribution is -2.41. The zero-order chi connectivity index (χ0) is 26.7. The van der Waals surface area contributed by atoms with Crippen molar-refractivity contribution < 1.29 is 13.9 Å². The van der Waals surface area contributed by atoms with E-state index in [0.717, 1.165) is 72.6 Å². The average molecular weight is 521 g/mol. The van der Waals surface area contributed by atoms with Gasteiger partial charge in [-0.1, -0.05) is 18.2 Å². The molecule has 198 valence electrons. The predicted molar refractivity (Wildman–Crippen MR) is 150 cm³/mol. The number of nitrogens with zero attached hydrogens (tertiary/aromatic N) is 3. The second-order valence-corrected chi connectivity index (χ2v) is 11.3. The number of nitrogens with one attached hydrogen (secondary N) is 1. The standard InChI is InChI=1S/C32H32N4O3/c1-19-14-24(30-35-34-21(3)39-30)8-9-26(19)22-4-6-23(7-5-22)31(37)36-20(2)15-25-16-29-27(17-28(25)36)32(18-38-29)10-12-33-13-11-32/h4-9,14,16-17,20,33H,10-13,15,18H2,1-3H3. The van der Waals surface area contributed by atoms with E-state index in [9.17, 15) is 4.79 Å². The Morgan fingerprint density at radius 1 is 1.00 bits per heavy atom. The first-order valence-electron chi connectivity index (χ1n) is 13.8. The van der Waals surface area contributed by atoms with Gasteiger partial charge in [-0.25, -0.2) is 0 Å². The van der Waals surface area contributed by atoms with E-state index in [1.165, 1.54) is 11.1 Å². The Balaban J connectivity index is 1.16. The van der Waals surface area contributed by atoms with Crippen molar-refractivity contribution in [3.05, 3.63) is 82.7 Å². The van der Waals surface area contributed by atoms with Gasteiger partial charge in [-0.2, -0.15) is 0 Å². The molecule has 1 unspecified atom stereocenters. The Morgan fingerprint density at radius 3 is 2.49 bits per heavy atom. The number of amides is 1. The first-order valence-corrected chi connectivity index (χ1v) is 13.8. The molecular weight excluding hydrogens is 488 g/mol. The minimum atomic E-state index is 0.0462. The van der Waals surface area contributed by atoms with Crippen LogP contribution in [0.25, 0.3) is 22.6 Å². The van der Waals surface area contributed by atoms with Gasteiger partial charge in [0.15, 0.2) is 0 Å². The van der Waals surface area contributed by atoms with Gasteiger partial charge < -0.3 is 19.4 Å². The maximum atomic E-state index is 13.9. The Bertz CT molecular complexity index is 1580. The number of aryl methyl sites for hydroxylation is 2. The number of aromatic nitrogens is 2. The van der Waals surface area contributed by atoms with Crippen LogP contribution in [0.3, 0.4) is 0 Å². The molecule has 1 spiro atoms. The van der Waals surface area contributed by atoms with E-state index in [2.05, 4.69) is 53.6 Å². The van der Waals surface area contributed by atoms with Gasteiger partial charge in [0.1, 0.15) is 5.75 Å². The SMILES string of the molecule is Cc1nnc(-c2ccc(-c3ccc(C(=O)N4c5cc6c(cc5CC4C)OCC64CCNCC4)cc3)c(C)c2)o1. The molecule has 1 amide bonds. The molecule has 1 saturated heterocycles. The van der Waals surface area contributed by atoms with Gasteiger partial charge in [0.05, 0.1) is 6.61 Å². The summed E-state index contributed by atoms with van der Waals surface area (Å²) in [4.78, 5) is 15.9. The van der Waals surface area contributed by atoms with Crippen LogP contribution in [0.15, 0.2) is 59.0 Å². The molecule has 7 nitrogen and oxygen atoms in total. The Kier molecular flexibility index (Phi) is 5.60. The molecule has 1 N–H and O–H groups in total. The molecule has 0 bridgehead atoms. The summed E-state index contributed by atoms with van der Waals surface area (Å²) in [5.74, 6) is 2.12. The Morgan fingerprint density at radius 2 is 1.77 bits per heavy atom. The van der Waals surface area contributed by atoms with Crippen LogP contribution in [0.5, 0.6) is 5.75 Å². The number of fused-ring (bicyclic) bond motifs is 3. The van der Waals surface area contributed by atoms with Gasteiger partial charge in [-0.05, 0) is 105 Å². The van der Waals surface area contributed by atoms with Crippen LogP contribution in [-0.4, -0.2) is 41.8 Å². The summed E-state index contributed by atoms with van der Waals surface area (Å²) in [5.41, 5.74) is 8.45. The summed E-state index contributed by atoms with van der Waals surface area (Å²) >= 11 is 0. The van der Waals surface area contributed by atoms with E-state index in [0.29, 0.717) is 17.3 Å². The molecule has 39 heavy (non-hydrogen) atoms. The lowest BCUT2D eigenvalue weighted by Gasteiger charge is -2.33. The molecular formula is C32H32N4O3. The van der Waals surface area contributed by atoms with E-state index in [1.807, 2.05) is 35.2 Å². The van der Waals surface area contributed by atoms with E-state index >= 15 is 0 Å². The van der Waals surface area contributed by atoms with Crippen molar-refractivity contribution in [2.24, 2.45) is 0 Å². The van der Waals surface area contributed by atoms with Crippen LogP contribution in [0.4, 0.5) is 5.69 Å². The van der Waals surface area contributed by atoms with Crippen molar-refractivity contribution >= 4 is 11.6 Å². The van der Waals surface area contributed by atoms with Gasteiger partial charge in [0.2, 0.25) is 11.8 Å². The number of hydrogen-bond donors (Lipinski definition) is 1. The van der Waals surface area contributed by atoms with Crippen molar-refractivity contribution in [2.75, 3.05) is 24.6 Å². The van der Waals surface area contributed by atoms with E-state index in [1.54, 1.807) is 6.92 Å². The number of carbonyl (C=O) groups excluding carboxylic acids is 1. The number of hydrogen-bond acceptors (Lipinski definition) is 6. The highest BCUT2D eigenvalue weighted by molar-refractivity contribution is 6.08. The van der Waals surface area contributed by atoms with Crippen molar-refractivity contribution in [1.82, 2.24) is 15.5 Å². The highest BCUT2D eigenvalue weighted by Crippen LogP contribution is 2.49. The van der Waals surface area contributed by atoms with Crippen molar-refractivity contribution in [3.63, 3.8) is 0 Å². The number of piperidine rings is 1. The average Bonchev–Trinajstić information content (AvgIpc) is 3.62. The van der Waals surface area contributed by atoms with Gasteiger partial charge in [0.25, 0.3) is 5.91 Å². The molecule has 4 aromatic rings. The minimum Gasteiger partial charge on any atom is -0.492 e. The summed E-state index contributed by atoms with van der Waals surface area (Å²) in [6.07, 6.45) is 2.98. The molecule has 3 aromatic carbocycles. The van der Waals surface area contributed by atoms with Crippen LogP contribution < -0.4 is 15.0 Å². The van der Waals surface area contributed by atoms with Crippen LogP contribution in [0, 0.1) is 13.8 Å². The Labute approximate surface area is 228 Å². The number of ether oxygens (including phenoxy) is 1. The normalized spacial score (nSPS) is 19.2. The third kappa shape index (κ3) is 3.95. The number of carbonyl (C=O) groups is 1. The number of anilines is 1. The van der Waals surface area contributed by atoms with Crippen molar-refractivity contribution in [3.8, 4) is 28.3 Å². The molecule has 1 atom stereocenters. The van der Waals surface area contributed by atoms with E-state index < -0.39 is 0 Å². The highest BCUT2D eigenvalue weighted by atomic mass is 16.5. The van der Waals surface area contributed by atoms with Crippen LogP contribution in [-0.2, 0) is 11.8 Å². The fraction of sp³-hybridized carbons (Fsp3) is 0.344. The zero-order valence-electron chi connectivity index (χ0n) is 22.6. The topological polar surface area (TPSA) is 80.5 Å². The van der Waals surface area contributed by atoms with Crippen molar-refractivity contribution in [1.29, 1.82) is 0 Å².